The number of rotatable bonds is 12. The molecule has 0 aliphatic carbocycles. The number of unbranched alkanes of at least 4 members (excludes halogenated alkanes) is 1. The fourth-order valence-electron chi connectivity index (χ4n) is 3.79. The van der Waals surface area contributed by atoms with Crippen LogP contribution in [-0.4, -0.2) is 34.0 Å². The second-order valence-electron chi connectivity index (χ2n) is 8.76. The lowest BCUT2D eigenvalue weighted by Gasteiger charge is -2.28. The van der Waals surface area contributed by atoms with Gasteiger partial charge in [0.2, 0.25) is 0 Å². The molecule has 0 aliphatic heterocycles. The van der Waals surface area contributed by atoms with Gasteiger partial charge in [0.25, 0.3) is 5.91 Å². The number of carbonyl (C=O) groups excluding carboxylic acids is 1. The second-order valence-corrected chi connectivity index (χ2v) is 8.76. The number of amides is 1. The first-order valence-electron chi connectivity index (χ1n) is 11.8. The second kappa shape index (κ2) is 12.1. The van der Waals surface area contributed by atoms with E-state index in [1.807, 2.05) is 86.3 Å². The first-order chi connectivity index (χ1) is 16.3. The van der Waals surface area contributed by atoms with Crippen LogP contribution in [0.15, 0.2) is 71.3 Å². The molecule has 2 aromatic carbocycles. The molecular weight excluding hydrogens is 430 g/mol. The Hall–Kier alpha value is -3.54. The van der Waals surface area contributed by atoms with Crippen LogP contribution in [0.1, 0.15) is 62.4 Å². The van der Waals surface area contributed by atoms with Gasteiger partial charge in [-0.3, -0.25) is 9.59 Å². The van der Waals surface area contributed by atoms with Gasteiger partial charge in [0.1, 0.15) is 11.5 Å². The van der Waals surface area contributed by atoms with E-state index in [-0.39, 0.29) is 24.5 Å². The standard InChI is InChI=1S/C28H33NO5/c1-20(2)29(28(32)23-16-14-22(15-17-23)25-12-8-18-33-25)19-24-10-5-6-11-26(24)34-21(3)9-4-7-13-27(30)31/h5-6,8,10-12,14-18,20-21H,4,7,9,13,19H2,1-3H3,(H,30,31). The zero-order valence-electron chi connectivity index (χ0n) is 20.1. The van der Waals surface area contributed by atoms with Gasteiger partial charge >= 0.3 is 5.97 Å². The molecule has 3 aromatic rings. The van der Waals surface area contributed by atoms with E-state index in [0.717, 1.165) is 35.5 Å². The fraction of sp³-hybridized carbons (Fsp3) is 0.357. The van der Waals surface area contributed by atoms with Crippen molar-refractivity contribution >= 4 is 11.9 Å². The van der Waals surface area contributed by atoms with Crippen molar-refractivity contribution in [3.05, 3.63) is 78.1 Å². The summed E-state index contributed by atoms with van der Waals surface area (Å²) in [6, 6.07) is 19.0. The van der Waals surface area contributed by atoms with Gasteiger partial charge < -0.3 is 19.2 Å². The summed E-state index contributed by atoms with van der Waals surface area (Å²) < 4.78 is 11.6. The number of hydrogen-bond acceptors (Lipinski definition) is 4. The zero-order chi connectivity index (χ0) is 24.5. The maximum atomic E-state index is 13.4. The lowest BCUT2D eigenvalue weighted by Crippen LogP contribution is -2.36. The first-order valence-corrected chi connectivity index (χ1v) is 11.8. The number of carbonyl (C=O) groups is 2. The molecule has 6 heteroatoms. The summed E-state index contributed by atoms with van der Waals surface area (Å²) in [7, 11) is 0. The molecule has 0 saturated carbocycles. The van der Waals surface area contributed by atoms with Crippen molar-refractivity contribution < 1.29 is 23.8 Å². The van der Waals surface area contributed by atoms with Gasteiger partial charge in [-0.05, 0) is 70.4 Å². The number of ether oxygens (including phenoxy) is 1. The van der Waals surface area contributed by atoms with Crippen LogP contribution < -0.4 is 4.74 Å². The molecule has 6 nitrogen and oxygen atoms in total. The van der Waals surface area contributed by atoms with Gasteiger partial charge in [-0.1, -0.05) is 30.3 Å². The van der Waals surface area contributed by atoms with Gasteiger partial charge in [-0.15, -0.1) is 0 Å². The molecule has 1 unspecified atom stereocenters. The summed E-state index contributed by atoms with van der Waals surface area (Å²) in [5.41, 5.74) is 2.48. The Balaban J connectivity index is 1.68. The average Bonchev–Trinajstić information content (AvgIpc) is 3.36. The maximum Gasteiger partial charge on any atom is 0.303 e. The smallest absolute Gasteiger partial charge is 0.303 e. The van der Waals surface area contributed by atoms with Crippen molar-refractivity contribution in [1.82, 2.24) is 4.90 Å². The minimum Gasteiger partial charge on any atom is -0.490 e. The Morgan fingerprint density at radius 2 is 1.71 bits per heavy atom. The van der Waals surface area contributed by atoms with Crippen molar-refractivity contribution in [2.45, 2.75) is 65.1 Å². The molecule has 180 valence electrons. The van der Waals surface area contributed by atoms with E-state index in [1.54, 1.807) is 6.26 Å². The van der Waals surface area contributed by atoms with E-state index in [2.05, 4.69) is 0 Å². The molecule has 34 heavy (non-hydrogen) atoms. The number of furan rings is 1. The lowest BCUT2D eigenvalue weighted by atomic mass is 10.1. The highest BCUT2D eigenvalue weighted by atomic mass is 16.5. The number of nitrogens with zero attached hydrogens (tertiary/aromatic N) is 1. The molecular formula is C28H33NO5. The van der Waals surface area contributed by atoms with Crippen LogP contribution in [0.4, 0.5) is 0 Å². The Bertz CT molecular complexity index is 1060. The van der Waals surface area contributed by atoms with E-state index in [4.69, 9.17) is 14.3 Å². The first kappa shape index (κ1) is 25.1. The summed E-state index contributed by atoms with van der Waals surface area (Å²) in [4.78, 5) is 25.9. The normalized spacial score (nSPS) is 11.9. The third kappa shape index (κ3) is 6.98. The van der Waals surface area contributed by atoms with Crippen LogP contribution in [0.5, 0.6) is 5.75 Å². The van der Waals surface area contributed by atoms with Gasteiger partial charge in [0.05, 0.1) is 12.4 Å². The number of carboxylic acid groups (broad SMARTS) is 1. The van der Waals surface area contributed by atoms with Gasteiger partial charge in [-0.25, -0.2) is 0 Å². The number of aliphatic carboxylic acids is 1. The Kier molecular flexibility index (Phi) is 8.91. The van der Waals surface area contributed by atoms with Crippen LogP contribution in [0.25, 0.3) is 11.3 Å². The highest BCUT2D eigenvalue weighted by molar-refractivity contribution is 5.94. The molecule has 0 fully saturated rings. The summed E-state index contributed by atoms with van der Waals surface area (Å²) in [6.45, 7) is 6.43. The van der Waals surface area contributed by atoms with Crippen LogP contribution in [0.3, 0.4) is 0 Å². The van der Waals surface area contributed by atoms with Crippen molar-refractivity contribution in [1.29, 1.82) is 0 Å². The van der Waals surface area contributed by atoms with Crippen LogP contribution in [-0.2, 0) is 11.3 Å². The Morgan fingerprint density at radius 1 is 0.971 bits per heavy atom. The summed E-state index contributed by atoms with van der Waals surface area (Å²) in [5, 5.41) is 8.80. The number of benzene rings is 2. The average molecular weight is 464 g/mol. The molecule has 0 bridgehead atoms. The van der Waals surface area contributed by atoms with Gasteiger partial charge in [0, 0.05) is 35.7 Å². The predicted octanol–water partition coefficient (Wildman–Crippen LogP) is 6.41. The quantitative estimate of drug-likeness (QED) is 0.314. The van der Waals surface area contributed by atoms with Gasteiger partial charge in [-0.2, -0.15) is 0 Å². The minimum atomic E-state index is -0.770. The molecule has 1 N–H and O–H groups in total. The zero-order valence-corrected chi connectivity index (χ0v) is 20.1. The summed E-state index contributed by atoms with van der Waals surface area (Å²) in [6.07, 6.45) is 3.96. The van der Waals surface area contributed by atoms with Crippen molar-refractivity contribution in [2.24, 2.45) is 0 Å². The third-order valence-electron chi connectivity index (χ3n) is 5.71. The molecule has 0 aliphatic rings. The minimum absolute atomic E-state index is 0.00116. The SMILES string of the molecule is CC(CCCCC(=O)O)Oc1ccccc1CN(C(=O)c1ccc(-c2ccco2)cc1)C(C)C. The van der Waals surface area contributed by atoms with E-state index in [9.17, 15) is 9.59 Å². The summed E-state index contributed by atoms with van der Waals surface area (Å²) in [5.74, 6) is 0.702. The lowest BCUT2D eigenvalue weighted by molar-refractivity contribution is -0.137. The molecule has 1 atom stereocenters. The van der Waals surface area contributed by atoms with Crippen molar-refractivity contribution in [3.8, 4) is 17.1 Å². The number of carboxylic acids is 1. The largest absolute Gasteiger partial charge is 0.490 e. The molecule has 1 amide bonds. The topological polar surface area (TPSA) is 80.0 Å². The predicted molar refractivity (Wildman–Crippen MR) is 132 cm³/mol. The van der Waals surface area contributed by atoms with Crippen molar-refractivity contribution in [2.75, 3.05) is 0 Å². The van der Waals surface area contributed by atoms with Crippen molar-refractivity contribution in [3.63, 3.8) is 0 Å². The van der Waals surface area contributed by atoms with E-state index in [0.29, 0.717) is 18.5 Å². The van der Waals surface area contributed by atoms with Crippen LogP contribution >= 0.6 is 0 Å². The molecule has 1 aromatic heterocycles. The van der Waals surface area contributed by atoms with E-state index < -0.39 is 5.97 Å². The maximum absolute atomic E-state index is 13.4. The molecule has 0 spiro atoms. The van der Waals surface area contributed by atoms with E-state index in [1.165, 1.54) is 0 Å². The van der Waals surface area contributed by atoms with Crippen LogP contribution in [0, 0.1) is 0 Å². The summed E-state index contributed by atoms with van der Waals surface area (Å²) >= 11 is 0. The van der Waals surface area contributed by atoms with Gasteiger partial charge in [0.15, 0.2) is 0 Å². The molecule has 3 rings (SSSR count). The Morgan fingerprint density at radius 3 is 2.35 bits per heavy atom. The monoisotopic (exact) mass is 463 g/mol. The highest BCUT2D eigenvalue weighted by Gasteiger charge is 2.21. The van der Waals surface area contributed by atoms with Crippen LogP contribution in [0.2, 0.25) is 0 Å². The number of hydrogen-bond donors (Lipinski definition) is 1. The number of para-hydroxylation sites is 1. The highest BCUT2D eigenvalue weighted by Crippen LogP contribution is 2.25. The van der Waals surface area contributed by atoms with E-state index >= 15 is 0 Å². The fourth-order valence-corrected chi connectivity index (χ4v) is 3.79. The Labute approximate surface area is 201 Å². The third-order valence-corrected chi connectivity index (χ3v) is 5.71. The molecule has 0 radical (unpaired) electrons. The molecule has 0 saturated heterocycles. The molecule has 1 heterocycles.